The first-order chi connectivity index (χ1) is 13.0. The molecule has 6 heteroatoms. The Labute approximate surface area is 158 Å². The summed E-state index contributed by atoms with van der Waals surface area (Å²) >= 11 is 0. The average molecular weight is 365 g/mol. The number of nitrogens with one attached hydrogen (secondary N) is 1. The van der Waals surface area contributed by atoms with Crippen molar-refractivity contribution >= 4 is 17.4 Å². The van der Waals surface area contributed by atoms with Crippen LogP contribution < -0.4 is 5.32 Å². The summed E-state index contributed by atoms with van der Waals surface area (Å²) in [6.45, 7) is 2.57. The molecule has 2 amide bonds. The van der Waals surface area contributed by atoms with E-state index in [9.17, 15) is 14.9 Å². The Bertz CT molecular complexity index is 883. The standard InChI is InChI=1S/C21H23N3O3/c1-15-10-11-18(24(26)27)13-19(15)22-20(25)23-14-17-9-5-6-12-21(17,23)16-7-3-2-4-8-16/h2-4,7-8,10-11,13,17H,5-6,9,12,14H2,1H3,(H,22,25). The highest BCUT2D eigenvalue weighted by Crippen LogP contribution is 2.53. The molecule has 27 heavy (non-hydrogen) atoms. The average Bonchev–Trinajstić information content (AvgIpc) is 2.65. The van der Waals surface area contributed by atoms with Gasteiger partial charge in [-0.1, -0.05) is 49.2 Å². The van der Waals surface area contributed by atoms with Crippen LogP contribution in [0.2, 0.25) is 0 Å². The first-order valence-corrected chi connectivity index (χ1v) is 9.41. The number of carbonyl (C=O) groups is 1. The second kappa shape index (κ2) is 6.68. The molecule has 140 valence electrons. The number of benzene rings is 2. The van der Waals surface area contributed by atoms with Gasteiger partial charge >= 0.3 is 6.03 Å². The second-order valence-electron chi connectivity index (χ2n) is 7.53. The van der Waals surface area contributed by atoms with Crippen molar-refractivity contribution in [3.8, 4) is 0 Å². The number of likely N-dealkylation sites (tertiary alicyclic amines) is 1. The van der Waals surface area contributed by atoms with Crippen LogP contribution in [0.15, 0.2) is 48.5 Å². The zero-order valence-corrected chi connectivity index (χ0v) is 15.4. The molecule has 1 saturated heterocycles. The van der Waals surface area contributed by atoms with Gasteiger partial charge in [0.05, 0.1) is 16.1 Å². The van der Waals surface area contributed by atoms with Crippen molar-refractivity contribution < 1.29 is 9.72 Å². The van der Waals surface area contributed by atoms with Crippen LogP contribution in [0.4, 0.5) is 16.2 Å². The number of urea groups is 1. The van der Waals surface area contributed by atoms with Gasteiger partial charge in [-0.05, 0) is 30.9 Å². The third-order valence-electron chi connectivity index (χ3n) is 6.11. The van der Waals surface area contributed by atoms with Crippen molar-refractivity contribution in [1.82, 2.24) is 4.90 Å². The van der Waals surface area contributed by atoms with Crippen LogP contribution in [-0.2, 0) is 5.54 Å². The molecule has 0 aromatic heterocycles. The molecular formula is C21H23N3O3. The van der Waals surface area contributed by atoms with Crippen LogP contribution >= 0.6 is 0 Å². The van der Waals surface area contributed by atoms with Crippen molar-refractivity contribution in [3.05, 3.63) is 69.8 Å². The van der Waals surface area contributed by atoms with E-state index >= 15 is 0 Å². The van der Waals surface area contributed by atoms with E-state index in [-0.39, 0.29) is 17.3 Å². The lowest BCUT2D eigenvalue weighted by Crippen LogP contribution is -2.68. The predicted molar refractivity (Wildman–Crippen MR) is 104 cm³/mol. The molecule has 2 aromatic carbocycles. The lowest BCUT2D eigenvalue weighted by Gasteiger charge is -2.61. The third-order valence-corrected chi connectivity index (χ3v) is 6.11. The maximum atomic E-state index is 13.1. The molecule has 0 bridgehead atoms. The quantitative estimate of drug-likeness (QED) is 0.625. The highest BCUT2D eigenvalue weighted by Gasteiger charge is 2.57. The van der Waals surface area contributed by atoms with Crippen molar-refractivity contribution in [2.24, 2.45) is 5.92 Å². The molecule has 0 radical (unpaired) electrons. The van der Waals surface area contributed by atoms with Crippen LogP contribution in [-0.4, -0.2) is 22.4 Å². The number of rotatable bonds is 3. The van der Waals surface area contributed by atoms with Crippen molar-refractivity contribution in [2.75, 3.05) is 11.9 Å². The molecule has 2 atom stereocenters. The van der Waals surface area contributed by atoms with Gasteiger partial charge < -0.3 is 10.2 Å². The molecule has 2 aromatic rings. The minimum absolute atomic E-state index is 0.0205. The van der Waals surface area contributed by atoms with Gasteiger partial charge in [0.1, 0.15) is 0 Å². The number of aryl methyl sites for hydroxylation is 1. The molecular weight excluding hydrogens is 342 g/mol. The van der Waals surface area contributed by atoms with Crippen LogP contribution in [0, 0.1) is 23.0 Å². The molecule has 1 aliphatic heterocycles. The second-order valence-corrected chi connectivity index (χ2v) is 7.53. The van der Waals surface area contributed by atoms with E-state index in [1.54, 1.807) is 6.07 Å². The van der Waals surface area contributed by atoms with Gasteiger partial charge in [-0.15, -0.1) is 0 Å². The monoisotopic (exact) mass is 365 g/mol. The summed E-state index contributed by atoms with van der Waals surface area (Å²) in [5.74, 6) is 0.477. The summed E-state index contributed by atoms with van der Waals surface area (Å²) in [7, 11) is 0. The van der Waals surface area contributed by atoms with E-state index in [0.29, 0.717) is 11.6 Å². The molecule has 1 N–H and O–H groups in total. The highest BCUT2D eigenvalue weighted by atomic mass is 16.6. The molecule has 2 fully saturated rings. The van der Waals surface area contributed by atoms with Gasteiger partial charge in [-0.3, -0.25) is 10.1 Å². The number of nitro benzene ring substituents is 1. The fourth-order valence-electron chi connectivity index (χ4n) is 4.66. The van der Waals surface area contributed by atoms with Crippen LogP contribution in [0.25, 0.3) is 0 Å². The molecule has 1 saturated carbocycles. The Morgan fingerprint density at radius 1 is 1.22 bits per heavy atom. The Balaban J connectivity index is 1.62. The molecule has 4 rings (SSSR count). The highest BCUT2D eigenvalue weighted by molar-refractivity contribution is 5.92. The molecule has 1 aliphatic carbocycles. The number of carbonyl (C=O) groups excluding carboxylic acids is 1. The lowest BCUT2D eigenvalue weighted by molar-refractivity contribution is -0.384. The van der Waals surface area contributed by atoms with Crippen molar-refractivity contribution in [3.63, 3.8) is 0 Å². The summed E-state index contributed by atoms with van der Waals surface area (Å²) in [5, 5.41) is 14.0. The SMILES string of the molecule is Cc1ccc([N+](=O)[O-])cc1NC(=O)N1CC2CCCCC21c1ccccc1. The van der Waals surface area contributed by atoms with Gasteiger partial charge in [0, 0.05) is 24.6 Å². The third kappa shape index (κ3) is 2.85. The predicted octanol–water partition coefficient (Wildman–Crippen LogP) is 4.84. The topological polar surface area (TPSA) is 75.5 Å². The molecule has 0 spiro atoms. The summed E-state index contributed by atoms with van der Waals surface area (Å²) < 4.78 is 0. The maximum absolute atomic E-state index is 13.1. The van der Waals surface area contributed by atoms with E-state index in [1.165, 1.54) is 24.1 Å². The number of fused-ring (bicyclic) bond motifs is 1. The number of nitrogens with zero attached hydrogens (tertiary/aromatic N) is 2. The van der Waals surface area contributed by atoms with Gasteiger partial charge in [-0.25, -0.2) is 4.79 Å². The minimum Gasteiger partial charge on any atom is -0.314 e. The van der Waals surface area contributed by atoms with Gasteiger partial charge in [0.2, 0.25) is 0 Å². The summed E-state index contributed by atoms with van der Waals surface area (Å²) in [5.41, 5.74) is 2.22. The lowest BCUT2D eigenvalue weighted by atomic mass is 9.62. The Hall–Kier alpha value is -2.89. The number of amides is 2. The van der Waals surface area contributed by atoms with Gasteiger partial charge in [0.15, 0.2) is 0 Å². The van der Waals surface area contributed by atoms with E-state index in [4.69, 9.17) is 0 Å². The molecule has 2 unspecified atom stereocenters. The summed E-state index contributed by atoms with van der Waals surface area (Å²) in [4.78, 5) is 25.6. The zero-order chi connectivity index (χ0) is 19.0. The van der Waals surface area contributed by atoms with Crippen molar-refractivity contribution in [2.45, 2.75) is 38.1 Å². The van der Waals surface area contributed by atoms with E-state index in [0.717, 1.165) is 31.4 Å². The van der Waals surface area contributed by atoms with E-state index < -0.39 is 4.92 Å². The Morgan fingerprint density at radius 2 is 2.00 bits per heavy atom. The largest absolute Gasteiger partial charge is 0.322 e. The molecule has 1 heterocycles. The van der Waals surface area contributed by atoms with Crippen LogP contribution in [0.1, 0.15) is 36.8 Å². The number of hydrogen-bond acceptors (Lipinski definition) is 3. The van der Waals surface area contributed by atoms with Crippen molar-refractivity contribution in [1.29, 1.82) is 0 Å². The van der Waals surface area contributed by atoms with Gasteiger partial charge in [0.25, 0.3) is 5.69 Å². The fourth-order valence-corrected chi connectivity index (χ4v) is 4.66. The fraction of sp³-hybridized carbons (Fsp3) is 0.381. The molecule has 2 aliphatic rings. The zero-order valence-electron chi connectivity index (χ0n) is 15.4. The summed E-state index contributed by atoms with van der Waals surface area (Å²) in [6.07, 6.45) is 4.40. The normalized spacial score (nSPS) is 23.9. The minimum atomic E-state index is -0.443. The number of hydrogen-bond donors (Lipinski definition) is 1. The number of anilines is 1. The Kier molecular flexibility index (Phi) is 4.34. The Morgan fingerprint density at radius 3 is 2.70 bits per heavy atom. The van der Waals surface area contributed by atoms with Crippen LogP contribution in [0.3, 0.4) is 0 Å². The maximum Gasteiger partial charge on any atom is 0.322 e. The van der Waals surface area contributed by atoms with Crippen LogP contribution in [0.5, 0.6) is 0 Å². The number of nitro groups is 1. The summed E-state index contributed by atoms with van der Waals surface area (Å²) in [6, 6.07) is 14.6. The molecule has 6 nitrogen and oxygen atoms in total. The van der Waals surface area contributed by atoms with Gasteiger partial charge in [-0.2, -0.15) is 0 Å². The number of non-ortho nitro benzene ring substituents is 1. The first kappa shape index (κ1) is 17.5. The first-order valence-electron chi connectivity index (χ1n) is 9.41. The van der Waals surface area contributed by atoms with E-state index in [1.807, 2.05) is 30.0 Å². The smallest absolute Gasteiger partial charge is 0.314 e. The van der Waals surface area contributed by atoms with E-state index in [2.05, 4.69) is 17.4 Å².